The van der Waals surface area contributed by atoms with E-state index in [1.165, 1.54) is 5.56 Å². The van der Waals surface area contributed by atoms with E-state index in [4.69, 9.17) is 14.5 Å². The summed E-state index contributed by atoms with van der Waals surface area (Å²) in [4.78, 5) is 17.5. The molecule has 5 nitrogen and oxygen atoms in total. The summed E-state index contributed by atoms with van der Waals surface area (Å²) in [5, 5.41) is 4.07. The van der Waals surface area contributed by atoms with Crippen molar-refractivity contribution in [1.29, 1.82) is 0 Å². The Kier molecular flexibility index (Phi) is 9.13. The monoisotopic (exact) mass is 476 g/mol. The highest BCUT2D eigenvalue weighted by Gasteiger charge is 2.20. The summed E-state index contributed by atoms with van der Waals surface area (Å²) in [5.41, 5.74) is 4.96. The zero-order chi connectivity index (χ0) is 25.4. The van der Waals surface area contributed by atoms with Gasteiger partial charge in [-0.25, -0.2) is 4.79 Å². The summed E-state index contributed by atoms with van der Waals surface area (Å²) in [7, 11) is 0. The molecule has 188 valence electrons. The maximum Gasteiger partial charge on any atom is 0.407 e. The first-order chi connectivity index (χ1) is 16.7. The van der Waals surface area contributed by atoms with Crippen molar-refractivity contribution in [3.8, 4) is 5.75 Å². The van der Waals surface area contributed by atoms with Gasteiger partial charge in [-0.2, -0.15) is 0 Å². The minimum Gasteiger partial charge on any atom is -0.489 e. The summed E-state index contributed by atoms with van der Waals surface area (Å²) in [6.07, 6.45) is 3.52. The fourth-order valence-electron chi connectivity index (χ4n) is 4.11. The highest BCUT2D eigenvalue weighted by Crippen LogP contribution is 2.30. The van der Waals surface area contributed by atoms with Crippen molar-refractivity contribution in [2.45, 2.75) is 86.0 Å². The van der Waals surface area contributed by atoms with Crippen LogP contribution in [0, 0.1) is 5.92 Å². The first-order valence-electron chi connectivity index (χ1n) is 12.7. The number of rotatable bonds is 10. The van der Waals surface area contributed by atoms with Gasteiger partial charge in [0, 0.05) is 17.6 Å². The summed E-state index contributed by atoms with van der Waals surface area (Å²) in [6, 6.07) is 16.3. The Morgan fingerprint density at radius 1 is 1.06 bits per heavy atom. The lowest BCUT2D eigenvalue weighted by Crippen LogP contribution is -2.32. The lowest BCUT2D eigenvalue weighted by molar-refractivity contribution is 0.0523. The van der Waals surface area contributed by atoms with Crippen LogP contribution in [0.5, 0.6) is 5.75 Å². The number of aromatic nitrogens is 1. The quantitative estimate of drug-likeness (QED) is 0.332. The van der Waals surface area contributed by atoms with Gasteiger partial charge in [-0.1, -0.05) is 57.5 Å². The normalized spacial score (nSPS) is 11.6. The molecular formula is C30H40N2O3. The molecule has 0 radical (unpaired) electrons. The smallest absolute Gasteiger partial charge is 0.407 e. The van der Waals surface area contributed by atoms with Crippen LogP contribution in [-0.2, 0) is 30.7 Å². The number of nitrogens with one attached hydrogen (secondary N) is 1. The largest absolute Gasteiger partial charge is 0.489 e. The SMILES string of the molecule is CCCCc1c(CNC(=O)OC(C)(C)C)c(CC(C)C)nc2ccc(OCc3ccccc3)cc12. The Labute approximate surface area is 210 Å². The van der Waals surface area contributed by atoms with Gasteiger partial charge >= 0.3 is 6.09 Å². The van der Waals surface area contributed by atoms with Gasteiger partial charge in [0.25, 0.3) is 0 Å². The molecule has 3 rings (SSSR count). The van der Waals surface area contributed by atoms with Crippen molar-refractivity contribution >= 4 is 17.0 Å². The number of aryl methyl sites for hydroxylation is 1. The third-order valence-electron chi connectivity index (χ3n) is 5.70. The van der Waals surface area contributed by atoms with Gasteiger partial charge in [-0.15, -0.1) is 0 Å². The lowest BCUT2D eigenvalue weighted by Gasteiger charge is -2.22. The fourth-order valence-corrected chi connectivity index (χ4v) is 4.11. The van der Waals surface area contributed by atoms with Gasteiger partial charge in [0.2, 0.25) is 0 Å². The van der Waals surface area contributed by atoms with Gasteiger partial charge in [-0.3, -0.25) is 4.98 Å². The molecule has 0 atom stereocenters. The molecule has 0 bridgehead atoms. The van der Waals surface area contributed by atoms with Crippen molar-refractivity contribution in [3.05, 3.63) is 70.9 Å². The van der Waals surface area contributed by atoms with Crippen LogP contribution < -0.4 is 10.1 Å². The fraction of sp³-hybridized carbons (Fsp3) is 0.467. The van der Waals surface area contributed by atoms with E-state index in [1.807, 2.05) is 45.0 Å². The number of amides is 1. The average molecular weight is 477 g/mol. The number of hydrogen-bond acceptors (Lipinski definition) is 4. The van der Waals surface area contributed by atoms with Gasteiger partial charge in [0.15, 0.2) is 0 Å². The predicted octanol–water partition coefficient (Wildman–Crippen LogP) is 7.38. The molecule has 3 aromatic rings. The van der Waals surface area contributed by atoms with Crippen LogP contribution in [0.4, 0.5) is 4.79 Å². The number of benzene rings is 2. The van der Waals surface area contributed by atoms with Crippen LogP contribution in [-0.4, -0.2) is 16.7 Å². The molecule has 0 fully saturated rings. The topological polar surface area (TPSA) is 60.5 Å². The van der Waals surface area contributed by atoms with Crippen molar-refractivity contribution in [2.75, 3.05) is 0 Å². The summed E-state index contributed by atoms with van der Waals surface area (Å²) >= 11 is 0. The molecule has 0 aliphatic rings. The number of carbonyl (C=O) groups is 1. The molecule has 1 heterocycles. The molecule has 0 aliphatic heterocycles. The highest BCUT2D eigenvalue weighted by molar-refractivity contribution is 5.85. The van der Waals surface area contributed by atoms with E-state index in [0.717, 1.165) is 59.2 Å². The molecule has 0 saturated heterocycles. The van der Waals surface area contributed by atoms with Crippen molar-refractivity contribution in [3.63, 3.8) is 0 Å². The molecular weight excluding hydrogens is 436 g/mol. The number of carbonyl (C=O) groups excluding carboxylic acids is 1. The van der Waals surface area contributed by atoms with Gasteiger partial charge < -0.3 is 14.8 Å². The predicted molar refractivity (Wildman–Crippen MR) is 143 cm³/mol. The Hall–Kier alpha value is -3.08. The third-order valence-corrected chi connectivity index (χ3v) is 5.70. The van der Waals surface area contributed by atoms with E-state index in [-0.39, 0.29) is 0 Å². The molecule has 0 unspecified atom stereocenters. The van der Waals surface area contributed by atoms with Crippen LogP contribution in [0.3, 0.4) is 0 Å². The Bertz CT molecular complexity index is 1120. The van der Waals surface area contributed by atoms with Gasteiger partial charge in [-0.05, 0) is 80.8 Å². The number of pyridine rings is 1. The summed E-state index contributed by atoms with van der Waals surface area (Å²) in [5.74, 6) is 1.27. The Balaban J connectivity index is 1.99. The maximum atomic E-state index is 12.5. The second-order valence-electron chi connectivity index (χ2n) is 10.5. The second-order valence-corrected chi connectivity index (χ2v) is 10.5. The number of unbranched alkanes of at least 4 members (excludes halogenated alkanes) is 1. The lowest BCUT2D eigenvalue weighted by atomic mass is 9.92. The Morgan fingerprint density at radius 2 is 1.80 bits per heavy atom. The molecule has 2 aromatic carbocycles. The van der Waals surface area contributed by atoms with Crippen LogP contribution in [0.15, 0.2) is 48.5 Å². The number of fused-ring (bicyclic) bond motifs is 1. The van der Waals surface area contributed by atoms with E-state index in [2.05, 4.69) is 50.4 Å². The van der Waals surface area contributed by atoms with E-state index in [0.29, 0.717) is 19.1 Å². The minimum atomic E-state index is -0.539. The summed E-state index contributed by atoms with van der Waals surface area (Å²) in [6.45, 7) is 13.1. The average Bonchev–Trinajstić information content (AvgIpc) is 2.79. The first kappa shape index (κ1) is 26.5. The van der Waals surface area contributed by atoms with E-state index < -0.39 is 11.7 Å². The molecule has 1 aromatic heterocycles. The highest BCUT2D eigenvalue weighted by atomic mass is 16.6. The molecule has 5 heteroatoms. The van der Waals surface area contributed by atoms with Crippen molar-refractivity contribution in [1.82, 2.24) is 10.3 Å². The number of ether oxygens (including phenoxy) is 2. The van der Waals surface area contributed by atoms with Crippen LogP contribution in [0.1, 0.15) is 76.8 Å². The van der Waals surface area contributed by atoms with Gasteiger partial charge in [0.05, 0.1) is 5.52 Å². The summed E-state index contributed by atoms with van der Waals surface area (Å²) < 4.78 is 11.6. The van der Waals surface area contributed by atoms with E-state index in [9.17, 15) is 4.79 Å². The zero-order valence-corrected chi connectivity index (χ0v) is 22.1. The van der Waals surface area contributed by atoms with E-state index >= 15 is 0 Å². The molecule has 1 amide bonds. The van der Waals surface area contributed by atoms with Crippen molar-refractivity contribution in [2.24, 2.45) is 5.92 Å². The van der Waals surface area contributed by atoms with Gasteiger partial charge in [0.1, 0.15) is 18.0 Å². The zero-order valence-electron chi connectivity index (χ0n) is 22.1. The molecule has 0 aliphatic carbocycles. The minimum absolute atomic E-state index is 0.397. The Morgan fingerprint density at radius 3 is 2.46 bits per heavy atom. The van der Waals surface area contributed by atoms with Crippen LogP contribution in [0.2, 0.25) is 0 Å². The first-order valence-corrected chi connectivity index (χ1v) is 12.7. The standard InChI is InChI=1S/C30H40N2O3/c1-7-8-14-24-25-18-23(34-20-22-12-10-9-11-13-22)15-16-27(25)32-28(17-21(2)3)26(24)19-31-29(33)35-30(4,5)6/h9-13,15-16,18,21H,7-8,14,17,19-20H2,1-6H3,(H,31,33). The molecule has 0 saturated carbocycles. The van der Waals surface area contributed by atoms with Crippen LogP contribution in [0.25, 0.3) is 10.9 Å². The maximum absolute atomic E-state index is 12.5. The molecule has 0 spiro atoms. The molecule has 35 heavy (non-hydrogen) atoms. The van der Waals surface area contributed by atoms with E-state index in [1.54, 1.807) is 0 Å². The molecule has 1 N–H and O–H groups in total. The number of alkyl carbamates (subject to hydrolysis) is 1. The second kappa shape index (κ2) is 12.1. The van der Waals surface area contributed by atoms with Crippen LogP contribution >= 0.6 is 0 Å². The van der Waals surface area contributed by atoms with Crippen molar-refractivity contribution < 1.29 is 14.3 Å². The number of hydrogen-bond donors (Lipinski definition) is 1. The number of nitrogens with zero attached hydrogens (tertiary/aromatic N) is 1. The third kappa shape index (κ3) is 7.98.